The van der Waals surface area contributed by atoms with Gasteiger partial charge in [0.2, 0.25) is 5.91 Å². The van der Waals surface area contributed by atoms with Crippen molar-refractivity contribution in [3.63, 3.8) is 0 Å². The van der Waals surface area contributed by atoms with Gasteiger partial charge in [-0.2, -0.15) is 0 Å². The number of aryl methyl sites for hydroxylation is 1. The Morgan fingerprint density at radius 2 is 1.96 bits per heavy atom. The minimum absolute atomic E-state index is 0.113. The molecule has 3 aromatic rings. The Balaban J connectivity index is 1.16. The normalized spacial score (nSPS) is 14.4. The zero-order chi connectivity index (χ0) is 34.0. The summed E-state index contributed by atoms with van der Waals surface area (Å²) in [5.74, 6) is 0.906. The predicted octanol–water partition coefficient (Wildman–Crippen LogP) is 5.67. The molecule has 1 heterocycles. The summed E-state index contributed by atoms with van der Waals surface area (Å²) in [6.07, 6.45) is 15.2. The van der Waals surface area contributed by atoms with Crippen LogP contribution >= 0.6 is 0 Å². The summed E-state index contributed by atoms with van der Waals surface area (Å²) >= 11 is 0. The number of rotatable bonds is 19. The van der Waals surface area contributed by atoms with Crippen LogP contribution in [-0.2, 0) is 11.2 Å². The SMILES string of the molecule is C\C=C/C(C=Cc1ccc2c(c1)CCCN2CCC(=O)NCCN(C)C)=C\C=N\CCCNCC(O)COc1cccc2ccccc12. The van der Waals surface area contributed by atoms with Gasteiger partial charge in [0, 0.05) is 63.0 Å². The van der Waals surface area contributed by atoms with Crippen LogP contribution in [0.5, 0.6) is 5.75 Å². The molecule has 8 nitrogen and oxygen atoms in total. The Morgan fingerprint density at radius 1 is 1.10 bits per heavy atom. The standard InChI is InChI=1S/C40H53N5O3/c1-4-10-32(16-17-33-18-19-38-35(29-33)13-8-26-45(38)27-21-40(47)43-25-28-44(2)3)20-24-41-22-9-23-42-30-36(46)31-48-39-15-7-12-34-11-5-6-14-37(34)39/h4-7,10-12,14-20,24,29,36,42,46H,8-9,13,21-23,25-28,30-31H2,1-3H3,(H,43,47)/b10-4-,17-16?,32-20+,41-24+. The van der Waals surface area contributed by atoms with Crippen LogP contribution in [0.1, 0.15) is 37.3 Å². The van der Waals surface area contributed by atoms with Crippen LogP contribution in [0.4, 0.5) is 5.69 Å². The lowest BCUT2D eigenvalue weighted by molar-refractivity contribution is -0.120. The molecule has 0 radical (unpaired) electrons. The number of anilines is 1. The Bertz CT molecular complexity index is 1560. The first-order chi connectivity index (χ1) is 23.4. The van der Waals surface area contributed by atoms with E-state index in [0.717, 1.165) is 67.5 Å². The number of carbonyl (C=O) groups is 1. The van der Waals surface area contributed by atoms with E-state index in [2.05, 4.69) is 74.0 Å². The molecule has 1 unspecified atom stereocenters. The van der Waals surface area contributed by atoms with Gasteiger partial charge in [-0.25, -0.2) is 0 Å². The van der Waals surface area contributed by atoms with E-state index in [1.807, 2.05) is 69.7 Å². The lowest BCUT2D eigenvalue weighted by Crippen LogP contribution is -2.36. The predicted molar refractivity (Wildman–Crippen MR) is 201 cm³/mol. The fourth-order valence-electron chi connectivity index (χ4n) is 5.67. The van der Waals surface area contributed by atoms with E-state index in [9.17, 15) is 9.90 Å². The van der Waals surface area contributed by atoms with Gasteiger partial charge in [-0.1, -0.05) is 66.8 Å². The average Bonchev–Trinajstić information content (AvgIpc) is 3.09. The van der Waals surface area contributed by atoms with E-state index in [0.29, 0.717) is 26.1 Å². The summed E-state index contributed by atoms with van der Waals surface area (Å²) in [6.45, 7) is 7.47. The highest BCUT2D eigenvalue weighted by atomic mass is 16.5. The number of aliphatic hydroxyl groups is 1. The molecule has 48 heavy (non-hydrogen) atoms. The number of amides is 1. The first-order valence-corrected chi connectivity index (χ1v) is 17.2. The number of carbonyl (C=O) groups excluding carboxylic acids is 1. The van der Waals surface area contributed by atoms with E-state index >= 15 is 0 Å². The topological polar surface area (TPSA) is 89.4 Å². The molecule has 1 amide bonds. The van der Waals surface area contributed by atoms with Crippen LogP contribution in [0.3, 0.4) is 0 Å². The van der Waals surface area contributed by atoms with Crippen LogP contribution in [0, 0.1) is 0 Å². The van der Waals surface area contributed by atoms with Gasteiger partial charge in [0.15, 0.2) is 0 Å². The molecule has 4 rings (SSSR count). The van der Waals surface area contributed by atoms with Crippen molar-refractivity contribution in [3.05, 3.63) is 102 Å². The monoisotopic (exact) mass is 651 g/mol. The highest BCUT2D eigenvalue weighted by Gasteiger charge is 2.17. The van der Waals surface area contributed by atoms with Crippen molar-refractivity contribution in [2.45, 2.75) is 38.7 Å². The molecule has 3 N–H and O–H groups in total. The average molecular weight is 652 g/mol. The van der Waals surface area contributed by atoms with Crippen LogP contribution in [0.15, 0.2) is 95.5 Å². The molecule has 0 bridgehead atoms. The van der Waals surface area contributed by atoms with Gasteiger partial charge in [0.1, 0.15) is 18.5 Å². The van der Waals surface area contributed by atoms with Gasteiger partial charge in [0.25, 0.3) is 0 Å². The highest BCUT2D eigenvalue weighted by Crippen LogP contribution is 2.29. The van der Waals surface area contributed by atoms with Crippen molar-refractivity contribution >= 4 is 34.7 Å². The molecule has 0 saturated heterocycles. The van der Waals surface area contributed by atoms with Crippen molar-refractivity contribution < 1.29 is 14.6 Å². The van der Waals surface area contributed by atoms with Crippen LogP contribution in [0.25, 0.3) is 16.8 Å². The number of hydrogen-bond acceptors (Lipinski definition) is 7. The first-order valence-electron chi connectivity index (χ1n) is 17.2. The number of hydrogen-bond donors (Lipinski definition) is 3. The van der Waals surface area contributed by atoms with Crippen molar-refractivity contribution in [3.8, 4) is 5.75 Å². The fourth-order valence-corrected chi connectivity index (χ4v) is 5.67. The first kappa shape index (κ1) is 36.6. The smallest absolute Gasteiger partial charge is 0.221 e. The number of ether oxygens (including phenoxy) is 1. The minimum Gasteiger partial charge on any atom is -0.490 e. The third-order valence-corrected chi connectivity index (χ3v) is 8.21. The lowest BCUT2D eigenvalue weighted by Gasteiger charge is -2.31. The van der Waals surface area contributed by atoms with Gasteiger partial charge in [-0.15, -0.1) is 0 Å². The molecule has 1 aliphatic rings. The van der Waals surface area contributed by atoms with Gasteiger partial charge in [-0.3, -0.25) is 9.79 Å². The summed E-state index contributed by atoms with van der Waals surface area (Å²) in [5, 5.41) is 18.9. The third kappa shape index (κ3) is 12.4. The Labute approximate surface area is 286 Å². The summed E-state index contributed by atoms with van der Waals surface area (Å²) in [4.78, 5) is 21.3. The van der Waals surface area contributed by atoms with Crippen LogP contribution in [0.2, 0.25) is 0 Å². The molecular weight excluding hydrogens is 598 g/mol. The zero-order valence-electron chi connectivity index (χ0n) is 28.9. The fraction of sp³-hybridized carbons (Fsp3) is 0.400. The van der Waals surface area contributed by atoms with Gasteiger partial charge in [-0.05, 0) is 93.2 Å². The van der Waals surface area contributed by atoms with Crippen LogP contribution in [-0.4, -0.2) is 94.7 Å². The molecule has 0 spiro atoms. The number of nitrogens with one attached hydrogen (secondary N) is 2. The van der Waals surface area contributed by atoms with E-state index in [1.165, 1.54) is 16.8 Å². The summed E-state index contributed by atoms with van der Waals surface area (Å²) in [6, 6.07) is 20.7. The molecule has 256 valence electrons. The van der Waals surface area contributed by atoms with Crippen molar-refractivity contribution in [2.24, 2.45) is 4.99 Å². The molecule has 3 aromatic carbocycles. The number of aliphatic imine (C=N–C) groups is 1. The van der Waals surface area contributed by atoms with Gasteiger partial charge < -0.3 is 30.3 Å². The van der Waals surface area contributed by atoms with E-state index < -0.39 is 6.10 Å². The number of allylic oxidation sites excluding steroid dienone is 5. The Kier molecular flexibility index (Phi) is 15.4. The number of likely N-dealkylation sites (N-methyl/N-ethyl adjacent to an activating group) is 1. The summed E-state index contributed by atoms with van der Waals surface area (Å²) in [5.41, 5.74) is 4.83. The maximum atomic E-state index is 12.3. The largest absolute Gasteiger partial charge is 0.490 e. The number of fused-ring (bicyclic) bond motifs is 2. The molecule has 8 heteroatoms. The number of nitrogens with zero attached hydrogens (tertiary/aromatic N) is 3. The molecular formula is C40H53N5O3. The van der Waals surface area contributed by atoms with E-state index in [-0.39, 0.29) is 12.5 Å². The van der Waals surface area contributed by atoms with E-state index in [4.69, 9.17) is 4.74 Å². The second-order valence-electron chi connectivity index (χ2n) is 12.4. The molecule has 0 aromatic heterocycles. The van der Waals surface area contributed by atoms with Gasteiger partial charge >= 0.3 is 0 Å². The highest BCUT2D eigenvalue weighted by molar-refractivity contribution is 5.88. The van der Waals surface area contributed by atoms with E-state index in [1.54, 1.807) is 0 Å². The minimum atomic E-state index is -0.587. The van der Waals surface area contributed by atoms with Crippen molar-refractivity contribution in [1.29, 1.82) is 0 Å². The Morgan fingerprint density at radius 3 is 2.81 bits per heavy atom. The summed E-state index contributed by atoms with van der Waals surface area (Å²) < 4.78 is 5.90. The lowest BCUT2D eigenvalue weighted by atomic mass is 9.98. The second-order valence-corrected chi connectivity index (χ2v) is 12.4. The third-order valence-electron chi connectivity index (χ3n) is 8.21. The van der Waals surface area contributed by atoms with Crippen LogP contribution < -0.4 is 20.3 Å². The molecule has 1 aliphatic heterocycles. The number of aliphatic hydroxyl groups excluding tert-OH is 1. The molecule has 1 atom stereocenters. The Hall–Kier alpha value is -4.24. The maximum absolute atomic E-state index is 12.3. The quantitative estimate of drug-likeness (QED) is 0.0881. The van der Waals surface area contributed by atoms with Crippen molar-refractivity contribution in [2.75, 3.05) is 71.4 Å². The van der Waals surface area contributed by atoms with Gasteiger partial charge in [0.05, 0.1) is 0 Å². The maximum Gasteiger partial charge on any atom is 0.221 e. The second kappa shape index (κ2) is 20.2. The number of benzene rings is 3. The molecule has 0 saturated carbocycles. The summed E-state index contributed by atoms with van der Waals surface area (Å²) in [7, 11) is 4.02. The zero-order valence-corrected chi connectivity index (χ0v) is 28.9. The molecule has 0 fully saturated rings. The van der Waals surface area contributed by atoms with Crippen molar-refractivity contribution in [1.82, 2.24) is 15.5 Å². The molecule has 0 aliphatic carbocycles.